The van der Waals surface area contributed by atoms with Crippen molar-refractivity contribution in [3.63, 3.8) is 0 Å². The summed E-state index contributed by atoms with van der Waals surface area (Å²) < 4.78 is 0. The van der Waals surface area contributed by atoms with Crippen molar-refractivity contribution in [3.8, 4) is 0 Å². The SMILES string of the molecule is CO.[O-]B([O-])O.[Zn+2]. The Labute approximate surface area is 54.7 Å². The molecular weight excluding hydrogens is 152 g/mol. The molecule has 0 aliphatic rings. The van der Waals surface area contributed by atoms with E-state index in [4.69, 9.17) is 20.2 Å². The predicted octanol–water partition coefficient (Wildman–Crippen LogP) is -3.71. The third-order valence-corrected chi connectivity index (χ3v) is 0. The first-order valence-electron chi connectivity index (χ1n) is 1.18. The average molecular weight is 157 g/mol. The van der Waals surface area contributed by atoms with Crippen molar-refractivity contribution in [2.45, 2.75) is 0 Å². The van der Waals surface area contributed by atoms with Crippen LogP contribution in [-0.2, 0) is 19.5 Å². The van der Waals surface area contributed by atoms with Gasteiger partial charge in [0.25, 0.3) is 0 Å². The van der Waals surface area contributed by atoms with E-state index in [1.165, 1.54) is 0 Å². The Bertz CT molecular complexity index is 16.4. The van der Waals surface area contributed by atoms with Crippen LogP contribution in [0.1, 0.15) is 0 Å². The minimum atomic E-state index is -2.67. The number of aliphatic hydroxyl groups excluding tert-OH is 1. The van der Waals surface area contributed by atoms with E-state index in [-0.39, 0.29) is 19.5 Å². The van der Waals surface area contributed by atoms with E-state index >= 15 is 0 Å². The first kappa shape index (κ1) is 15.6. The van der Waals surface area contributed by atoms with Gasteiger partial charge in [0.1, 0.15) is 0 Å². The van der Waals surface area contributed by atoms with E-state index in [9.17, 15) is 0 Å². The molecule has 0 aromatic rings. The predicted molar refractivity (Wildman–Crippen MR) is 16.1 cm³/mol. The zero-order valence-corrected chi connectivity index (χ0v) is 6.96. The van der Waals surface area contributed by atoms with Crippen LogP contribution in [0.5, 0.6) is 0 Å². The van der Waals surface area contributed by atoms with Gasteiger partial charge in [0.15, 0.2) is 0 Å². The van der Waals surface area contributed by atoms with Crippen LogP contribution in [-0.4, -0.2) is 24.6 Å². The van der Waals surface area contributed by atoms with Crippen molar-refractivity contribution < 1.29 is 39.7 Å². The van der Waals surface area contributed by atoms with E-state index in [0.717, 1.165) is 7.11 Å². The quantitative estimate of drug-likeness (QED) is 0.354. The molecule has 0 fully saturated rings. The standard InChI is InChI=1S/CH4O.BHO3.Zn/c1-2;2-1(3)4;/h2H,1H3;2H;/q;-2;+2. The second kappa shape index (κ2) is 16.0. The smallest absolute Gasteiger partial charge is 0.871 e. The molecule has 0 amide bonds. The van der Waals surface area contributed by atoms with Gasteiger partial charge in [-0.1, -0.05) is 0 Å². The van der Waals surface area contributed by atoms with Crippen LogP contribution in [0.25, 0.3) is 0 Å². The second-order valence-electron chi connectivity index (χ2n) is 0.307. The minimum absolute atomic E-state index is 0. The molecule has 0 aliphatic carbocycles. The van der Waals surface area contributed by atoms with Gasteiger partial charge in [-0.3, -0.25) is 0 Å². The van der Waals surface area contributed by atoms with Gasteiger partial charge in [0.2, 0.25) is 0 Å². The van der Waals surface area contributed by atoms with Crippen LogP contribution < -0.4 is 10.0 Å². The normalized spacial score (nSPS) is 4.71. The molecule has 38 valence electrons. The van der Waals surface area contributed by atoms with Crippen molar-refractivity contribution in [3.05, 3.63) is 0 Å². The molecule has 0 saturated carbocycles. The van der Waals surface area contributed by atoms with E-state index in [2.05, 4.69) is 0 Å². The number of aliphatic hydroxyl groups is 1. The first-order chi connectivity index (χ1) is 2.73. The van der Waals surface area contributed by atoms with Gasteiger partial charge in [0, 0.05) is 7.11 Å². The summed E-state index contributed by atoms with van der Waals surface area (Å²) in [6.45, 7) is 0. The van der Waals surface area contributed by atoms with E-state index in [0.29, 0.717) is 0 Å². The molecule has 0 heterocycles. The Morgan fingerprint density at radius 2 is 1.29 bits per heavy atom. The number of hydrogen-bond acceptors (Lipinski definition) is 4. The molecule has 2 N–H and O–H groups in total. The zero-order valence-electron chi connectivity index (χ0n) is 4.00. The van der Waals surface area contributed by atoms with E-state index in [1.807, 2.05) is 0 Å². The van der Waals surface area contributed by atoms with Crippen molar-refractivity contribution in [1.29, 1.82) is 0 Å². The molecule has 0 bridgehead atoms. The summed E-state index contributed by atoms with van der Waals surface area (Å²) in [5.41, 5.74) is 0. The monoisotopic (exact) mass is 156 g/mol. The van der Waals surface area contributed by atoms with Gasteiger partial charge < -0.3 is 20.2 Å². The number of rotatable bonds is 0. The molecule has 0 spiro atoms. The molecule has 0 aliphatic heterocycles. The van der Waals surface area contributed by atoms with Gasteiger partial charge in [-0.2, -0.15) is 0 Å². The van der Waals surface area contributed by atoms with Crippen LogP contribution in [0.3, 0.4) is 0 Å². The summed E-state index contributed by atoms with van der Waals surface area (Å²) in [7, 11) is -1.67. The summed E-state index contributed by atoms with van der Waals surface area (Å²) in [5, 5.41) is 31.0. The average Bonchev–Trinajstić information content (AvgIpc) is 1.41. The van der Waals surface area contributed by atoms with Crippen LogP contribution >= 0.6 is 0 Å². The third-order valence-electron chi connectivity index (χ3n) is 0. The molecular formula is CH5BO4Zn. The van der Waals surface area contributed by atoms with Gasteiger partial charge in [-0.15, -0.1) is 0 Å². The minimum Gasteiger partial charge on any atom is -0.871 e. The van der Waals surface area contributed by atoms with Crippen LogP contribution in [0.15, 0.2) is 0 Å². The largest absolute Gasteiger partial charge is 2.00 e. The van der Waals surface area contributed by atoms with Crippen molar-refractivity contribution >= 4 is 7.32 Å². The summed E-state index contributed by atoms with van der Waals surface area (Å²) in [6, 6.07) is 0. The van der Waals surface area contributed by atoms with E-state index in [1.54, 1.807) is 0 Å². The zero-order chi connectivity index (χ0) is 5.58. The van der Waals surface area contributed by atoms with Crippen LogP contribution in [0.4, 0.5) is 0 Å². The third kappa shape index (κ3) is 480. The molecule has 0 aromatic carbocycles. The van der Waals surface area contributed by atoms with E-state index < -0.39 is 7.32 Å². The molecule has 0 rings (SSSR count). The fourth-order valence-corrected chi connectivity index (χ4v) is 0. The molecule has 0 atom stereocenters. The fourth-order valence-electron chi connectivity index (χ4n) is 0. The maximum absolute atomic E-state index is 8.53. The molecule has 0 saturated heterocycles. The Kier molecular flexibility index (Phi) is 35.8. The molecule has 0 radical (unpaired) electrons. The summed E-state index contributed by atoms with van der Waals surface area (Å²) >= 11 is 0. The molecule has 7 heavy (non-hydrogen) atoms. The fraction of sp³-hybridized carbons (Fsp3) is 1.00. The van der Waals surface area contributed by atoms with Gasteiger partial charge >= 0.3 is 19.5 Å². The first-order valence-corrected chi connectivity index (χ1v) is 1.18. The van der Waals surface area contributed by atoms with Gasteiger partial charge in [0.05, 0.1) is 7.32 Å². The topological polar surface area (TPSA) is 86.6 Å². The van der Waals surface area contributed by atoms with Crippen molar-refractivity contribution in [2.24, 2.45) is 0 Å². The summed E-state index contributed by atoms with van der Waals surface area (Å²) in [6.07, 6.45) is 0. The maximum atomic E-state index is 8.53. The Hall–Kier alpha value is 0.528. The van der Waals surface area contributed by atoms with Crippen LogP contribution in [0.2, 0.25) is 0 Å². The molecule has 0 unspecified atom stereocenters. The van der Waals surface area contributed by atoms with Crippen molar-refractivity contribution in [2.75, 3.05) is 7.11 Å². The Morgan fingerprint density at radius 3 is 1.29 bits per heavy atom. The molecule has 6 heteroatoms. The van der Waals surface area contributed by atoms with Crippen molar-refractivity contribution in [1.82, 2.24) is 0 Å². The van der Waals surface area contributed by atoms with Gasteiger partial charge in [-0.05, 0) is 0 Å². The summed E-state index contributed by atoms with van der Waals surface area (Å²) in [5.74, 6) is 0. The van der Waals surface area contributed by atoms with Crippen LogP contribution in [0, 0.1) is 0 Å². The number of hydrogen-bond donors (Lipinski definition) is 2. The Morgan fingerprint density at radius 1 is 1.29 bits per heavy atom. The van der Waals surface area contributed by atoms with Gasteiger partial charge in [-0.25, -0.2) is 0 Å². The molecule has 0 aromatic heterocycles. The molecule has 4 nitrogen and oxygen atoms in total. The summed E-state index contributed by atoms with van der Waals surface area (Å²) in [4.78, 5) is 0. The second-order valence-corrected chi connectivity index (χ2v) is 0.307. The Balaban J connectivity index is -0.0000000480. The maximum Gasteiger partial charge on any atom is 2.00 e.